The Hall–Kier alpha value is -2.53. The molecule has 1 unspecified atom stereocenters. The third-order valence-electron chi connectivity index (χ3n) is 6.10. The summed E-state index contributed by atoms with van der Waals surface area (Å²) in [5, 5.41) is 2.85. The van der Waals surface area contributed by atoms with E-state index in [9.17, 15) is 4.79 Å². The number of ether oxygens (including phenoxy) is 1. The first kappa shape index (κ1) is 19.8. The number of hydrogen-bond donors (Lipinski definition) is 2. The Morgan fingerprint density at radius 2 is 1.79 bits per heavy atom. The molecular formula is C24H31N3O2. The molecule has 0 bridgehead atoms. The topological polar surface area (TPSA) is 67.6 Å². The van der Waals surface area contributed by atoms with Gasteiger partial charge in [-0.15, -0.1) is 0 Å². The maximum Gasteiger partial charge on any atom is 0.255 e. The minimum absolute atomic E-state index is 0.172. The van der Waals surface area contributed by atoms with Crippen molar-refractivity contribution in [3.63, 3.8) is 0 Å². The summed E-state index contributed by atoms with van der Waals surface area (Å²) in [5.41, 5.74) is 7.66. The molecule has 2 aromatic rings. The molecule has 2 fully saturated rings. The van der Waals surface area contributed by atoms with Crippen molar-refractivity contribution in [1.29, 1.82) is 0 Å². The van der Waals surface area contributed by atoms with Crippen molar-refractivity contribution in [3.8, 4) is 5.75 Å². The number of rotatable bonds is 6. The molecule has 0 aromatic heterocycles. The molecule has 29 heavy (non-hydrogen) atoms. The van der Waals surface area contributed by atoms with Gasteiger partial charge in [-0.05, 0) is 61.6 Å². The van der Waals surface area contributed by atoms with Crippen LogP contribution in [0, 0.1) is 5.92 Å². The van der Waals surface area contributed by atoms with Crippen molar-refractivity contribution in [2.75, 3.05) is 30.7 Å². The number of nitrogens with one attached hydrogen (secondary N) is 1. The normalized spacial score (nSPS) is 20.5. The summed E-state index contributed by atoms with van der Waals surface area (Å²) in [6, 6.07) is 14.6. The van der Waals surface area contributed by atoms with Gasteiger partial charge in [0, 0.05) is 25.2 Å². The molecule has 2 aromatic carbocycles. The van der Waals surface area contributed by atoms with E-state index >= 15 is 0 Å². The number of amides is 1. The highest BCUT2D eigenvalue weighted by Crippen LogP contribution is 2.27. The van der Waals surface area contributed by atoms with E-state index in [1.807, 2.05) is 24.3 Å². The Labute approximate surface area is 173 Å². The second-order valence-electron chi connectivity index (χ2n) is 8.36. The minimum atomic E-state index is -0.172. The summed E-state index contributed by atoms with van der Waals surface area (Å²) in [6.45, 7) is 3.35. The van der Waals surface area contributed by atoms with Gasteiger partial charge in [-0.1, -0.05) is 31.4 Å². The van der Waals surface area contributed by atoms with Gasteiger partial charge in [-0.25, -0.2) is 0 Å². The smallest absolute Gasteiger partial charge is 0.255 e. The fourth-order valence-corrected chi connectivity index (χ4v) is 4.48. The highest BCUT2D eigenvalue weighted by Gasteiger charge is 2.26. The lowest BCUT2D eigenvalue weighted by atomic mass is 9.89. The number of nitrogen functional groups attached to an aromatic ring is 1. The minimum Gasteiger partial charge on any atom is -0.489 e. The van der Waals surface area contributed by atoms with E-state index in [0.717, 1.165) is 31.2 Å². The second kappa shape index (κ2) is 9.31. The fraction of sp³-hybridized carbons (Fsp3) is 0.458. The number of benzene rings is 2. The van der Waals surface area contributed by atoms with Gasteiger partial charge < -0.3 is 15.8 Å². The summed E-state index contributed by atoms with van der Waals surface area (Å²) in [7, 11) is 0. The van der Waals surface area contributed by atoms with Gasteiger partial charge in [0.2, 0.25) is 0 Å². The lowest BCUT2D eigenvalue weighted by Crippen LogP contribution is -2.30. The molecule has 2 aliphatic rings. The monoisotopic (exact) mass is 393 g/mol. The quantitative estimate of drug-likeness (QED) is 0.706. The fourth-order valence-electron chi connectivity index (χ4n) is 4.48. The third kappa shape index (κ3) is 5.30. The van der Waals surface area contributed by atoms with Crippen molar-refractivity contribution < 1.29 is 9.53 Å². The summed E-state index contributed by atoms with van der Waals surface area (Å²) in [6.07, 6.45) is 8.30. The predicted octanol–water partition coefficient (Wildman–Crippen LogP) is 4.55. The molecule has 1 saturated heterocycles. The van der Waals surface area contributed by atoms with E-state index in [-0.39, 0.29) is 12.0 Å². The molecule has 4 rings (SSSR count). The van der Waals surface area contributed by atoms with Crippen molar-refractivity contribution in [2.45, 2.75) is 44.6 Å². The molecular weight excluding hydrogens is 362 g/mol. The van der Waals surface area contributed by atoms with Gasteiger partial charge in [0.25, 0.3) is 5.91 Å². The first-order valence-electron chi connectivity index (χ1n) is 10.8. The van der Waals surface area contributed by atoms with E-state index in [4.69, 9.17) is 10.5 Å². The van der Waals surface area contributed by atoms with Crippen molar-refractivity contribution in [1.82, 2.24) is 4.90 Å². The molecule has 1 aliphatic carbocycles. The van der Waals surface area contributed by atoms with Crippen molar-refractivity contribution in [2.24, 2.45) is 5.92 Å². The van der Waals surface area contributed by atoms with Gasteiger partial charge in [0.15, 0.2) is 0 Å². The van der Waals surface area contributed by atoms with Crippen molar-refractivity contribution in [3.05, 3.63) is 54.1 Å². The average Bonchev–Trinajstić information content (AvgIpc) is 3.17. The summed E-state index contributed by atoms with van der Waals surface area (Å²) < 4.78 is 6.17. The van der Waals surface area contributed by atoms with Crippen LogP contribution in [0.4, 0.5) is 11.4 Å². The molecule has 1 atom stereocenters. The number of likely N-dealkylation sites (tertiary alicyclic amines) is 1. The molecule has 3 N–H and O–H groups in total. The van der Waals surface area contributed by atoms with Gasteiger partial charge >= 0.3 is 0 Å². The zero-order valence-electron chi connectivity index (χ0n) is 17.0. The number of hydrogen-bond acceptors (Lipinski definition) is 4. The van der Waals surface area contributed by atoms with E-state index in [1.54, 1.807) is 24.3 Å². The van der Waals surface area contributed by atoms with Crippen LogP contribution < -0.4 is 15.8 Å². The summed E-state index contributed by atoms with van der Waals surface area (Å²) in [5.74, 6) is 1.53. The SMILES string of the molecule is Nc1ccccc1NC(=O)c1ccc(OC2CCN(CC3CCCCC3)C2)cc1. The molecule has 1 aliphatic heterocycles. The first-order valence-corrected chi connectivity index (χ1v) is 10.8. The van der Waals surface area contributed by atoms with Crippen LogP contribution in [0.1, 0.15) is 48.9 Å². The van der Waals surface area contributed by atoms with Gasteiger partial charge in [-0.2, -0.15) is 0 Å². The number of carbonyl (C=O) groups excluding carboxylic acids is 1. The van der Waals surface area contributed by atoms with E-state index in [0.29, 0.717) is 16.9 Å². The van der Waals surface area contributed by atoms with Crippen LogP contribution in [-0.2, 0) is 0 Å². The lowest BCUT2D eigenvalue weighted by Gasteiger charge is -2.26. The van der Waals surface area contributed by atoms with Crippen molar-refractivity contribution >= 4 is 17.3 Å². The molecule has 1 saturated carbocycles. The number of nitrogens with zero attached hydrogens (tertiary/aromatic N) is 1. The van der Waals surface area contributed by atoms with Crippen LogP contribution >= 0.6 is 0 Å². The highest BCUT2D eigenvalue weighted by atomic mass is 16.5. The molecule has 154 valence electrons. The number of para-hydroxylation sites is 2. The Morgan fingerprint density at radius 1 is 1.03 bits per heavy atom. The summed E-state index contributed by atoms with van der Waals surface area (Å²) >= 11 is 0. The largest absolute Gasteiger partial charge is 0.489 e. The average molecular weight is 394 g/mol. The molecule has 5 nitrogen and oxygen atoms in total. The van der Waals surface area contributed by atoms with Crippen LogP contribution in [0.15, 0.2) is 48.5 Å². The Morgan fingerprint density at radius 3 is 2.55 bits per heavy atom. The molecule has 1 heterocycles. The van der Waals surface area contributed by atoms with Gasteiger partial charge in [-0.3, -0.25) is 9.69 Å². The van der Waals surface area contributed by atoms with Crippen LogP contribution in [0.2, 0.25) is 0 Å². The maximum atomic E-state index is 12.4. The van der Waals surface area contributed by atoms with Crippen LogP contribution in [0.25, 0.3) is 0 Å². The first-order chi connectivity index (χ1) is 14.2. The predicted molar refractivity (Wildman–Crippen MR) is 117 cm³/mol. The van der Waals surface area contributed by atoms with Crippen LogP contribution in [0.3, 0.4) is 0 Å². The molecule has 5 heteroatoms. The van der Waals surface area contributed by atoms with Gasteiger partial charge in [0.1, 0.15) is 11.9 Å². The number of carbonyl (C=O) groups is 1. The lowest BCUT2D eigenvalue weighted by molar-refractivity contribution is 0.102. The summed E-state index contributed by atoms with van der Waals surface area (Å²) in [4.78, 5) is 15.0. The van der Waals surface area contributed by atoms with Crippen LogP contribution in [0.5, 0.6) is 5.75 Å². The number of nitrogens with two attached hydrogens (primary N) is 1. The Balaban J connectivity index is 1.27. The highest BCUT2D eigenvalue weighted by molar-refractivity contribution is 6.05. The van der Waals surface area contributed by atoms with Gasteiger partial charge in [0.05, 0.1) is 11.4 Å². The zero-order valence-corrected chi connectivity index (χ0v) is 17.0. The molecule has 0 spiro atoms. The van der Waals surface area contributed by atoms with E-state index in [1.165, 1.54) is 38.6 Å². The number of anilines is 2. The Bertz CT molecular complexity index is 815. The second-order valence-corrected chi connectivity index (χ2v) is 8.36. The standard InChI is InChI=1S/C24H31N3O2/c25-22-8-4-5-9-23(22)26-24(28)19-10-12-20(13-11-19)29-21-14-15-27(17-21)16-18-6-2-1-3-7-18/h4-5,8-13,18,21H,1-3,6-7,14-17,25H2,(H,26,28). The van der Waals surface area contributed by atoms with E-state index < -0.39 is 0 Å². The molecule has 0 radical (unpaired) electrons. The zero-order chi connectivity index (χ0) is 20.1. The van der Waals surface area contributed by atoms with E-state index in [2.05, 4.69) is 10.2 Å². The third-order valence-corrected chi connectivity index (χ3v) is 6.10. The molecule has 1 amide bonds. The maximum absolute atomic E-state index is 12.4. The van der Waals surface area contributed by atoms with Crippen LogP contribution in [-0.4, -0.2) is 36.5 Å². The Kier molecular flexibility index (Phi) is 6.35.